The van der Waals surface area contributed by atoms with E-state index in [4.69, 9.17) is 5.73 Å². The molecule has 0 heterocycles. The summed E-state index contributed by atoms with van der Waals surface area (Å²) >= 11 is 0. The Hall–Kier alpha value is -0.500. The molecule has 2 nitrogen and oxygen atoms in total. The van der Waals surface area contributed by atoms with E-state index in [1.165, 1.54) is 19.2 Å². The van der Waals surface area contributed by atoms with Crippen molar-refractivity contribution in [3.63, 3.8) is 0 Å². The quantitative estimate of drug-likeness (QED) is 0.489. The van der Waals surface area contributed by atoms with Crippen LogP contribution in [0.2, 0.25) is 0 Å². The Morgan fingerprint density at radius 2 is 2.33 bits per heavy atom. The molecule has 35 valence electrons. The van der Waals surface area contributed by atoms with Gasteiger partial charge in [-0.1, -0.05) is 0 Å². The maximum Gasteiger partial charge on any atom is 0.110 e. The minimum atomic E-state index is -0.657. The number of nitrogens with two attached hydrogens (primary N) is 1. The Labute approximate surface area is 37.3 Å². The second kappa shape index (κ2) is 2.72. The van der Waals surface area contributed by atoms with Crippen LogP contribution in [0, 0.1) is 0 Å². The van der Waals surface area contributed by atoms with Gasteiger partial charge < -0.3 is 5.73 Å². The molecule has 0 saturated carbocycles. The molecule has 0 aliphatic rings. The number of hydrogen-bond donors (Lipinski definition) is 1. The lowest BCUT2D eigenvalue weighted by molar-refractivity contribution is 0.146. The highest BCUT2D eigenvalue weighted by Crippen LogP contribution is 1.77. The van der Waals surface area contributed by atoms with Crippen molar-refractivity contribution >= 4 is 0 Å². The van der Waals surface area contributed by atoms with Gasteiger partial charge in [0.25, 0.3) is 0 Å². The van der Waals surface area contributed by atoms with Gasteiger partial charge in [0.1, 0.15) is 6.10 Å². The van der Waals surface area contributed by atoms with Gasteiger partial charge in [0, 0.05) is 0 Å². The molecule has 0 aromatic heterocycles. The summed E-state index contributed by atoms with van der Waals surface area (Å²) in [6.07, 6.45) is 1.99. The zero-order chi connectivity index (χ0) is 4.99. The van der Waals surface area contributed by atoms with Crippen LogP contribution < -0.4 is 5.73 Å². The molecule has 0 aliphatic heterocycles. The average Bonchev–Trinajstić information content (AvgIpc) is 1.35. The van der Waals surface area contributed by atoms with Crippen molar-refractivity contribution in [2.75, 3.05) is 0 Å². The van der Waals surface area contributed by atoms with E-state index < -0.39 is 6.10 Å². The van der Waals surface area contributed by atoms with Gasteiger partial charge in [0.05, 0.1) is 0 Å². The van der Waals surface area contributed by atoms with Gasteiger partial charge in [-0.3, -0.25) is 0 Å². The van der Waals surface area contributed by atoms with E-state index in [0.717, 1.165) is 0 Å². The molecule has 0 bridgehead atoms. The van der Waals surface area contributed by atoms with Crippen molar-refractivity contribution < 1.29 is 5.11 Å². The second-order valence-electron chi connectivity index (χ2n) is 1.09. The maximum absolute atomic E-state index is 9.96. The fourth-order valence-corrected chi connectivity index (χ4v) is 0.156. The standard InChI is InChI=1S/C4H8NO/c1-4(6)2-3-5/h2-4H,5H2,1H3. The highest BCUT2D eigenvalue weighted by Gasteiger charge is 1.82. The number of hydrogen-bond acceptors (Lipinski definition) is 1. The van der Waals surface area contributed by atoms with Gasteiger partial charge in [-0.25, -0.2) is 5.11 Å². The van der Waals surface area contributed by atoms with Crippen LogP contribution in [0.25, 0.3) is 0 Å². The topological polar surface area (TPSA) is 45.9 Å². The zero-order valence-corrected chi connectivity index (χ0v) is 3.72. The molecule has 0 spiro atoms. The van der Waals surface area contributed by atoms with Crippen molar-refractivity contribution in [2.24, 2.45) is 5.73 Å². The molecule has 0 aromatic carbocycles. The van der Waals surface area contributed by atoms with E-state index in [0.29, 0.717) is 0 Å². The second-order valence-corrected chi connectivity index (χ2v) is 1.09. The highest BCUT2D eigenvalue weighted by molar-refractivity contribution is 4.80. The van der Waals surface area contributed by atoms with Gasteiger partial charge in [-0.2, -0.15) is 0 Å². The van der Waals surface area contributed by atoms with Crippen molar-refractivity contribution in [1.29, 1.82) is 0 Å². The predicted molar refractivity (Wildman–Crippen MR) is 23.5 cm³/mol. The summed E-state index contributed by atoms with van der Waals surface area (Å²) in [5.41, 5.74) is 4.85. The summed E-state index contributed by atoms with van der Waals surface area (Å²) in [7, 11) is 0. The fraction of sp³-hybridized carbons (Fsp3) is 0.500. The van der Waals surface area contributed by atoms with Crippen molar-refractivity contribution in [3.8, 4) is 0 Å². The first kappa shape index (κ1) is 5.50. The summed E-state index contributed by atoms with van der Waals surface area (Å²) < 4.78 is 0. The largest absolute Gasteiger partial charge is 0.405 e. The zero-order valence-electron chi connectivity index (χ0n) is 3.72. The van der Waals surface area contributed by atoms with Crippen LogP contribution in [0.5, 0.6) is 0 Å². The lowest BCUT2D eigenvalue weighted by Crippen LogP contribution is -1.91. The van der Waals surface area contributed by atoms with E-state index in [2.05, 4.69) is 0 Å². The molecule has 1 radical (unpaired) electrons. The minimum Gasteiger partial charge on any atom is -0.405 e. The van der Waals surface area contributed by atoms with E-state index in [1.807, 2.05) is 0 Å². The Morgan fingerprint density at radius 3 is 2.33 bits per heavy atom. The Balaban J connectivity index is 3.03. The summed E-state index contributed by atoms with van der Waals surface area (Å²) in [6, 6.07) is 0. The van der Waals surface area contributed by atoms with E-state index in [-0.39, 0.29) is 0 Å². The molecule has 0 fully saturated rings. The third-order valence-electron chi connectivity index (χ3n) is 0.382. The lowest BCUT2D eigenvalue weighted by atomic mass is 10.4. The van der Waals surface area contributed by atoms with Crippen molar-refractivity contribution in [1.82, 2.24) is 0 Å². The Morgan fingerprint density at radius 1 is 1.83 bits per heavy atom. The van der Waals surface area contributed by atoms with Crippen LogP contribution in [-0.4, -0.2) is 6.10 Å². The Bertz CT molecular complexity index is 49.5. The van der Waals surface area contributed by atoms with E-state index in [1.54, 1.807) is 0 Å². The van der Waals surface area contributed by atoms with E-state index in [9.17, 15) is 5.11 Å². The van der Waals surface area contributed by atoms with Crippen LogP contribution in [-0.2, 0) is 5.11 Å². The molecule has 0 saturated heterocycles. The summed E-state index contributed by atoms with van der Waals surface area (Å²) in [5, 5.41) is 9.96. The summed E-state index contributed by atoms with van der Waals surface area (Å²) in [6.45, 7) is 1.53. The van der Waals surface area contributed by atoms with Crippen molar-refractivity contribution in [2.45, 2.75) is 13.0 Å². The van der Waals surface area contributed by atoms with Gasteiger partial charge in [0.2, 0.25) is 0 Å². The monoisotopic (exact) mass is 86.1 g/mol. The van der Waals surface area contributed by atoms with Crippen LogP contribution in [0.4, 0.5) is 0 Å². The number of rotatable bonds is 1. The molecular weight excluding hydrogens is 78.0 g/mol. The molecule has 1 unspecified atom stereocenters. The summed E-state index contributed by atoms with van der Waals surface area (Å²) in [4.78, 5) is 0. The molecule has 0 rings (SSSR count). The SMILES string of the molecule is CC([O])C=CN. The first-order valence-corrected chi connectivity index (χ1v) is 1.81. The third-order valence-corrected chi connectivity index (χ3v) is 0.382. The Kier molecular flexibility index (Phi) is 2.50. The van der Waals surface area contributed by atoms with Crippen molar-refractivity contribution in [3.05, 3.63) is 12.3 Å². The first-order valence-electron chi connectivity index (χ1n) is 1.81. The van der Waals surface area contributed by atoms with Gasteiger partial charge >= 0.3 is 0 Å². The van der Waals surface area contributed by atoms with Crippen LogP contribution in [0.3, 0.4) is 0 Å². The van der Waals surface area contributed by atoms with Crippen LogP contribution >= 0.6 is 0 Å². The molecule has 6 heavy (non-hydrogen) atoms. The molecule has 0 amide bonds. The molecular formula is C4H8NO. The smallest absolute Gasteiger partial charge is 0.110 e. The fourth-order valence-electron chi connectivity index (χ4n) is 0.156. The van der Waals surface area contributed by atoms with E-state index >= 15 is 0 Å². The molecule has 1 atom stereocenters. The maximum atomic E-state index is 9.96. The lowest BCUT2D eigenvalue weighted by Gasteiger charge is -1.82. The molecule has 0 aliphatic carbocycles. The van der Waals surface area contributed by atoms with Gasteiger partial charge in [-0.15, -0.1) is 0 Å². The summed E-state index contributed by atoms with van der Waals surface area (Å²) in [5.74, 6) is 0. The van der Waals surface area contributed by atoms with Gasteiger partial charge in [-0.05, 0) is 19.2 Å². The normalized spacial score (nSPS) is 15.7. The molecule has 2 N–H and O–H groups in total. The van der Waals surface area contributed by atoms with Crippen LogP contribution in [0.15, 0.2) is 12.3 Å². The third kappa shape index (κ3) is 3.50. The van der Waals surface area contributed by atoms with Crippen LogP contribution in [0.1, 0.15) is 6.92 Å². The van der Waals surface area contributed by atoms with Gasteiger partial charge in [0.15, 0.2) is 0 Å². The molecule has 0 aromatic rings. The average molecular weight is 86.1 g/mol. The first-order chi connectivity index (χ1) is 2.77. The highest BCUT2D eigenvalue weighted by atomic mass is 16.3. The molecule has 2 heteroatoms. The predicted octanol–water partition coefficient (Wildman–Crippen LogP) is 0.278. The minimum absolute atomic E-state index is 0.657.